The van der Waals surface area contributed by atoms with Gasteiger partial charge in [-0.2, -0.15) is 5.26 Å². The molecule has 0 bridgehead atoms. The van der Waals surface area contributed by atoms with Crippen LogP contribution in [0, 0.1) is 11.5 Å². The highest BCUT2D eigenvalue weighted by atomic mass is 32.1. The fourth-order valence-corrected chi connectivity index (χ4v) is 3.18. The van der Waals surface area contributed by atoms with Gasteiger partial charge in [0.15, 0.2) is 6.19 Å². The summed E-state index contributed by atoms with van der Waals surface area (Å²) in [6.07, 6.45) is 1.39. The van der Waals surface area contributed by atoms with Crippen LogP contribution in [-0.2, 0) is 16.0 Å². The summed E-state index contributed by atoms with van der Waals surface area (Å²) >= 11 is 1.58. The Hall–Kier alpha value is -2.59. The van der Waals surface area contributed by atoms with Gasteiger partial charge in [0, 0.05) is 18.2 Å². The van der Waals surface area contributed by atoms with Crippen LogP contribution in [0.4, 0.5) is 4.79 Å². The molecule has 6 nitrogen and oxygen atoms in total. The molecule has 0 aliphatic rings. The van der Waals surface area contributed by atoms with E-state index < -0.39 is 18.0 Å². The topological polar surface area (TPSA) is 82.4 Å². The van der Waals surface area contributed by atoms with E-state index in [0.717, 1.165) is 20.5 Å². The predicted octanol–water partition coefficient (Wildman–Crippen LogP) is 2.50. The summed E-state index contributed by atoms with van der Waals surface area (Å²) in [4.78, 5) is 24.9. The van der Waals surface area contributed by atoms with Gasteiger partial charge in [0.25, 0.3) is 5.91 Å². The number of hydrogen-bond acceptors (Lipinski definition) is 5. The van der Waals surface area contributed by atoms with E-state index in [1.165, 1.54) is 7.05 Å². The Bertz CT molecular complexity index is 750. The van der Waals surface area contributed by atoms with Crippen molar-refractivity contribution in [1.29, 1.82) is 5.26 Å². The molecule has 0 saturated carbocycles. The Labute approximate surface area is 138 Å². The van der Waals surface area contributed by atoms with Crippen molar-refractivity contribution in [3.63, 3.8) is 0 Å². The zero-order chi connectivity index (χ0) is 16.8. The smallest absolute Gasteiger partial charge is 0.407 e. The molecule has 0 fully saturated rings. The number of nitriles is 1. The number of thiophene rings is 1. The van der Waals surface area contributed by atoms with Gasteiger partial charge in [-0.3, -0.25) is 9.69 Å². The van der Waals surface area contributed by atoms with Crippen LogP contribution in [0.15, 0.2) is 29.6 Å². The average molecular weight is 331 g/mol. The van der Waals surface area contributed by atoms with Gasteiger partial charge in [-0.15, -0.1) is 11.3 Å². The lowest BCUT2D eigenvalue weighted by Crippen LogP contribution is -2.47. The van der Waals surface area contributed by atoms with Crippen molar-refractivity contribution in [1.82, 2.24) is 10.2 Å². The SMILES string of the molecule is CCOC(=O)NC(Cc1csc2ccccc12)C(=O)N(C)C#N. The Kier molecular flexibility index (Phi) is 5.55. The van der Waals surface area contributed by atoms with Gasteiger partial charge in [0.1, 0.15) is 6.04 Å². The number of carbonyl (C=O) groups excluding carboxylic acids is 2. The maximum Gasteiger partial charge on any atom is 0.407 e. The summed E-state index contributed by atoms with van der Waals surface area (Å²) in [7, 11) is 1.37. The Morgan fingerprint density at radius 3 is 2.87 bits per heavy atom. The lowest BCUT2D eigenvalue weighted by molar-refractivity contribution is -0.129. The zero-order valence-electron chi connectivity index (χ0n) is 12.9. The van der Waals surface area contributed by atoms with E-state index in [-0.39, 0.29) is 6.61 Å². The number of fused-ring (bicyclic) bond motifs is 1. The second kappa shape index (κ2) is 7.61. The second-order valence-corrected chi connectivity index (χ2v) is 5.79. The third-order valence-electron chi connectivity index (χ3n) is 3.33. The molecule has 0 saturated heterocycles. The van der Waals surface area contributed by atoms with Crippen LogP contribution in [0.25, 0.3) is 10.1 Å². The van der Waals surface area contributed by atoms with Crippen molar-refractivity contribution in [3.8, 4) is 6.19 Å². The molecule has 0 aliphatic carbocycles. The highest BCUT2D eigenvalue weighted by molar-refractivity contribution is 7.17. The molecule has 0 radical (unpaired) electrons. The number of likely N-dealkylation sites (N-methyl/N-ethyl adjacent to an activating group) is 1. The quantitative estimate of drug-likeness (QED) is 0.674. The molecule has 1 heterocycles. The molecule has 0 spiro atoms. The van der Waals surface area contributed by atoms with Gasteiger partial charge < -0.3 is 10.1 Å². The summed E-state index contributed by atoms with van der Waals surface area (Å²) in [6, 6.07) is 7.00. The maximum absolute atomic E-state index is 12.3. The minimum atomic E-state index is -0.850. The number of nitrogens with zero attached hydrogens (tertiary/aromatic N) is 2. The number of ether oxygens (including phenoxy) is 1. The van der Waals surface area contributed by atoms with E-state index in [4.69, 9.17) is 10.00 Å². The molecule has 0 aliphatic heterocycles. The molecule has 1 N–H and O–H groups in total. The summed E-state index contributed by atoms with van der Waals surface area (Å²) in [5.74, 6) is -0.476. The van der Waals surface area contributed by atoms with E-state index >= 15 is 0 Å². The summed E-state index contributed by atoms with van der Waals surface area (Å²) in [6.45, 7) is 1.90. The molecule has 1 unspecified atom stereocenters. The zero-order valence-corrected chi connectivity index (χ0v) is 13.7. The summed E-state index contributed by atoms with van der Waals surface area (Å²) < 4.78 is 5.95. The first kappa shape index (κ1) is 16.8. The fourth-order valence-electron chi connectivity index (χ4n) is 2.21. The number of alkyl carbamates (subject to hydrolysis) is 1. The third kappa shape index (κ3) is 3.99. The minimum absolute atomic E-state index is 0.211. The molecule has 23 heavy (non-hydrogen) atoms. The van der Waals surface area contributed by atoms with E-state index in [2.05, 4.69) is 5.32 Å². The van der Waals surface area contributed by atoms with Gasteiger partial charge in [0.2, 0.25) is 0 Å². The number of nitrogens with one attached hydrogen (secondary N) is 1. The fraction of sp³-hybridized carbons (Fsp3) is 0.312. The highest BCUT2D eigenvalue weighted by Crippen LogP contribution is 2.26. The third-order valence-corrected chi connectivity index (χ3v) is 4.34. The largest absolute Gasteiger partial charge is 0.450 e. The van der Waals surface area contributed by atoms with Crippen LogP contribution in [0.1, 0.15) is 12.5 Å². The molecule has 2 amide bonds. The first-order valence-electron chi connectivity index (χ1n) is 7.12. The van der Waals surface area contributed by atoms with E-state index in [0.29, 0.717) is 6.42 Å². The van der Waals surface area contributed by atoms with Crippen molar-refractivity contribution < 1.29 is 14.3 Å². The van der Waals surface area contributed by atoms with Gasteiger partial charge >= 0.3 is 6.09 Å². The molecular formula is C16H17N3O3S. The molecule has 2 aromatic rings. The highest BCUT2D eigenvalue weighted by Gasteiger charge is 2.26. The van der Waals surface area contributed by atoms with Crippen LogP contribution < -0.4 is 5.32 Å². The standard InChI is InChI=1S/C16H17N3O3S/c1-3-22-16(21)18-13(15(20)19(2)10-17)8-11-9-23-14-7-5-4-6-12(11)14/h4-7,9,13H,3,8H2,1-2H3,(H,18,21). The monoisotopic (exact) mass is 331 g/mol. The van der Waals surface area contributed by atoms with Gasteiger partial charge in [-0.25, -0.2) is 4.79 Å². The van der Waals surface area contributed by atoms with Crippen LogP contribution >= 0.6 is 11.3 Å². The Morgan fingerprint density at radius 1 is 1.43 bits per heavy atom. The van der Waals surface area contributed by atoms with Crippen molar-refractivity contribution in [3.05, 3.63) is 35.2 Å². The molecule has 7 heteroatoms. The van der Waals surface area contributed by atoms with Crippen LogP contribution in [0.2, 0.25) is 0 Å². The number of rotatable bonds is 5. The first-order valence-corrected chi connectivity index (χ1v) is 8.00. The van der Waals surface area contributed by atoms with Crippen molar-refractivity contribution in [2.24, 2.45) is 0 Å². The summed E-state index contributed by atoms with van der Waals surface area (Å²) in [5, 5.41) is 14.4. The molecular weight excluding hydrogens is 314 g/mol. The number of hydrogen-bond donors (Lipinski definition) is 1. The number of benzene rings is 1. The van der Waals surface area contributed by atoms with Crippen molar-refractivity contribution >= 4 is 33.4 Å². The minimum Gasteiger partial charge on any atom is -0.450 e. The molecule has 2 rings (SSSR count). The second-order valence-electron chi connectivity index (χ2n) is 4.88. The van der Waals surface area contributed by atoms with Gasteiger partial charge in [0.05, 0.1) is 6.61 Å². The maximum atomic E-state index is 12.3. The molecule has 1 aromatic heterocycles. The van der Waals surface area contributed by atoms with Crippen LogP contribution in [-0.4, -0.2) is 36.6 Å². The Morgan fingerprint density at radius 2 is 2.17 bits per heavy atom. The van der Waals surface area contributed by atoms with Crippen LogP contribution in [0.5, 0.6) is 0 Å². The van der Waals surface area contributed by atoms with E-state index in [9.17, 15) is 9.59 Å². The lowest BCUT2D eigenvalue weighted by atomic mass is 10.0. The van der Waals surface area contributed by atoms with Gasteiger partial charge in [-0.1, -0.05) is 18.2 Å². The number of carbonyl (C=O) groups is 2. The predicted molar refractivity (Wildman–Crippen MR) is 87.9 cm³/mol. The molecule has 1 aromatic carbocycles. The number of amides is 2. The van der Waals surface area contributed by atoms with Crippen molar-refractivity contribution in [2.75, 3.05) is 13.7 Å². The van der Waals surface area contributed by atoms with Gasteiger partial charge in [-0.05, 0) is 29.3 Å². The Balaban J connectivity index is 2.24. The normalized spacial score (nSPS) is 11.5. The summed E-state index contributed by atoms with van der Waals surface area (Å²) in [5.41, 5.74) is 0.951. The molecule has 120 valence electrons. The van der Waals surface area contributed by atoms with Crippen molar-refractivity contribution in [2.45, 2.75) is 19.4 Å². The first-order chi connectivity index (χ1) is 11.1. The van der Waals surface area contributed by atoms with Crippen LogP contribution in [0.3, 0.4) is 0 Å². The lowest BCUT2D eigenvalue weighted by Gasteiger charge is -2.19. The van der Waals surface area contributed by atoms with E-state index in [1.54, 1.807) is 24.5 Å². The molecule has 1 atom stereocenters. The average Bonchev–Trinajstić information content (AvgIpc) is 2.96. The van der Waals surface area contributed by atoms with E-state index in [1.807, 2.05) is 29.6 Å².